The number of nitrogens with zero attached hydrogens (tertiary/aromatic N) is 3. The maximum atomic E-state index is 8.25. The maximum Gasteiger partial charge on any atom is 3.00 e. The first kappa shape index (κ1) is 53.3. The van der Waals surface area contributed by atoms with Crippen molar-refractivity contribution in [3.05, 3.63) is 64.4 Å². The summed E-state index contributed by atoms with van der Waals surface area (Å²) in [5.74, 6) is 0. The molecule has 0 spiro atoms. The second-order valence-electron chi connectivity index (χ2n) is 0.671. The fourth-order valence-electron chi connectivity index (χ4n) is 0. The van der Waals surface area contributed by atoms with Gasteiger partial charge in [0.1, 0.15) is 0 Å². The summed E-state index contributed by atoms with van der Waals surface area (Å²) < 4.78 is 0. The maximum absolute atomic E-state index is 8.25. The van der Waals surface area contributed by atoms with E-state index in [4.69, 9.17) is 46.0 Å². The zero-order valence-electron chi connectivity index (χ0n) is 7.75. The molecule has 0 heterocycles. The van der Waals surface area contributed by atoms with Gasteiger partial charge in [-0.2, -0.15) is 0 Å². The van der Waals surface area contributed by atoms with E-state index >= 15 is 0 Å². The van der Waals surface area contributed by atoms with Gasteiger partial charge < -0.3 is 64.4 Å². The third kappa shape index (κ3) is 60400. The van der Waals surface area contributed by atoms with Gasteiger partial charge in [0.15, 0.2) is 0 Å². The zero-order valence-corrected chi connectivity index (χ0v) is 14.0. The molecular formula is H6Ce2N6O9. The van der Waals surface area contributed by atoms with E-state index in [1.54, 1.807) is 0 Å². The molecule has 0 bridgehead atoms. The Morgan fingerprint density at radius 1 is 0.471 bits per heavy atom. The van der Waals surface area contributed by atoms with Crippen molar-refractivity contribution in [1.29, 1.82) is 0 Å². The molecule has 6 N–H and O–H groups in total. The summed E-state index contributed by atoms with van der Waals surface area (Å²) in [5, 5.41) is 44.2. The SMILES string of the molecule is O=[N+]([O-])[O-].O=[N+]([O-])[O-].O=[N+]([O-])[O-].[Ce+3].[Ce+3].[NH2-].[NH2-].[NH2-]. The van der Waals surface area contributed by atoms with Gasteiger partial charge >= 0.3 is 83.5 Å². The van der Waals surface area contributed by atoms with Crippen LogP contribution in [0.2, 0.25) is 0 Å². The number of hydrogen-bond acceptors (Lipinski definition) is 9. The van der Waals surface area contributed by atoms with Crippen LogP contribution in [-0.2, 0) is 0 Å². The van der Waals surface area contributed by atoms with Crippen molar-refractivity contribution in [3.8, 4) is 0 Å². The van der Waals surface area contributed by atoms with Gasteiger partial charge in [0.25, 0.3) is 0 Å². The number of hydrogen-bond donors (Lipinski definition) is 0. The Kier molecular flexibility index (Phi) is 138. The minimum atomic E-state index is -1.75. The predicted molar refractivity (Wildman–Crippen MR) is 46.9 cm³/mol. The molecule has 0 aliphatic carbocycles. The molecular weight excluding hydrogens is 508 g/mol. The van der Waals surface area contributed by atoms with E-state index in [0.29, 0.717) is 0 Å². The Morgan fingerprint density at radius 3 is 0.471 bits per heavy atom. The molecule has 17 heteroatoms. The minimum Gasteiger partial charge on any atom is -0.693 e. The van der Waals surface area contributed by atoms with E-state index in [0.717, 1.165) is 0 Å². The second kappa shape index (κ2) is 44.2. The molecule has 98 valence electrons. The summed E-state index contributed by atoms with van der Waals surface area (Å²) in [4.78, 5) is 24.8. The van der Waals surface area contributed by atoms with Crippen LogP contribution in [0.3, 0.4) is 0 Å². The van der Waals surface area contributed by atoms with Crippen LogP contribution in [0.4, 0.5) is 0 Å². The molecule has 0 unspecified atom stereocenters. The predicted octanol–water partition coefficient (Wildman–Crippen LogP) is 1.43. The number of nitrogens with two attached hydrogens (primary N) is 3. The van der Waals surface area contributed by atoms with Crippen molar-refractivity contribution < 1.29 is 98.8 Å². The third-order valence-corrected chi connectivity index (χ3v) is 0. The van der Waals surface area contributed by atoms with Crippen LogP contribution < -0.4 is 0 Å². The number of rotatable bonds is 0. The monoisotopic (exact) mass is 514 g/mol. The Bertz CT molecular complexity index is 121. The van der Waals surface area contributed by atoms with E-state index in [1.807, 2.05) is 0 Å². The quantitative estimate of drug-likeness (QED) is 0.333. The third-order valence-electron chi connectivity index (χ3n) is 0. The molecule has 0 atom stereocenters. The molecule has 0 aromatic carbocycles. The molecule has 0 rings (SSSR count). The van der Waals surface area contributed by atoms with Crippen LogP contribution in [0.25, 0.3) is 18.5 Å². The summed E-state index contributed by atoms with van der Waals surface area (Å²) in [6.07, 6.45) is 0. The molecule has 0 aromatic heterocycles. The fourth-order valence-corrected chi connectivity index (χ4v) is 0. The Labute approximate surface area is 161 Å². The zero-order chi connectivity index (χ0) is 10.7. The van der Waals surface area contributed by atoms with E-state index in [-0.39, 0.29) is 102 Å². The van der Waals surface area contributed by atoms with Crippen molar-refractivity contribution in [2.75, 3.05) is 0 Å². The van der Waals surface area contributed by atoms with Crippen molar-refractivity contribution in [1.82, 2.24) is 0 Å². The average molecular weight is 514 g/mol. The van der Waals surface area contributed by atoms with Gasteiger partial charge in [-0.15, -0.1) is 0 Å². The summed E-state index contributed by atoms with van der Waals surface area (Å²) in [7, 11) is 0. The van der Waals surface area contributed by atoms with E-state index in [1.165, 1.54) is 0 Å². The smallest absolute Gasteiger partial charge is 0.693 e. The van der Waals surface area contributed by atoms with Crippen LogP contribution in [0.1, 0.15) is 0 Å². The van der Waals surface area contributed by atoms with Crippen LogP contribution in [-0.4, -0.2) is 15.3 Å². The molecule has 0 aliphatic heterocycles. The van der Waals surface area contributed by atoms with Crippen LogP contribution in [0.15, 0.2) is 0 Å². The van der Waals surface area contributed by atoms with Crippen LogP contribution in [0.5, 0.6) is 0 Å². The summed E-state index contributed by atoms with van der Waals surface area (Å²) in [5.41, 5.74) is 0. The van der Waals surface area contributed by atoms with Gasteiger partial charge in [-0.3, -0.25) is 0 Å². The first-order valence-electron chi connectivity index (χ1n) is 1.64. The molecule has 0 aliphatic rings. The van der Waals surface area contributed by atoms with Crippen molar-refractivity contribution in [2.24, 2.45) is 0 Å². The van der Waals surface area contributed by atoms with Gasteiger partial charge in [-0.1, -0.05) is 0 Å². The molecule has 0 aromatic rings. The first-order valence-corrected chi connectivity index (χ1v) is 1.64. The van der Waals surface area contributed by atoms with E-state index in [9.17, 15) is 0 Å². The average Bonchev–Trinajstić information content (AvgIpc) is 1.54. The molecule has 17 heavy (non-hydrogen) atoms. The van der Waals surface area contributed by atoms with Crippen molar-refractivity contribution in [2.45, 2.75) is 0 Å². The molecule has 15 nitrogen and oxygen atoms in total. The molecule has 0 fully saturated rings. The molecule has 2 radical (unpaired) electrons. The normalized spacial score (nSPS) is 4.24. The molecule has 0 saturated heterocycles. The Hall–Kier alpha value is 0.233. The summed E-state index contributed by atoms with van der Waals surface area (Å²) in [6, 6.07) is 0. The van der Waals surface area contributed by atoms with Gasteiger partial charge in [-0.05, 0) is 0 Å². The van der Waals surface area contributed by atoms with Gasteiger partial charge in [-0.25, -0.2) is 0 Å². The largest absolute Gasteiger partial charge is 3.00 e. The first-order chi connectivity index (χ1) is 5.20. The van der Waals surface area contributed by atoms with E-state index in [2.05, 4.69) is 0 Å². The summed E-state index contributed by atoms with van der Waals surface area (Å²) in [6.45, 7) is 0. The molecule has 0 amide bonds. The Balaban J connectivity index is -0.0000000104. The fraction of sp³-hybridized carbons (Fsp3) is 0. The van der Waals surface area contributed by atoms with Crippen molar-refractivity contribution >= 4 is 0 Å². The topological polar surface area (TPSA) is 299 Å². The van der Waals surface area contributed by atoms with Gasteiger partial charge in [0.2, 0.25) is 0 Å². The van der Waals surface area contributed by atoms with Crippen molar-refractivity contribution in [3.63, 3.8) is 0 Å². The minimum absolute atomic E-state index is 0. The van der Waals surface area contributed by atoms with Crippen LogP contribution >= 0.6 is 0 Å². The summed E-state index contributed by atoms with van der Waals surface area (Å²) >= 11 is 0. The molecule has 0 saturated carbocycles. The Morgan fingerprint density at radius 2 is 0.471 bits per heavy atom. The standard InChI is InChI=1S/2Ce.3NO3.3H2N/c;;3*2-1(3)4;;;/h;;;;;3*1H2/q2*+3;6*-1. The van der Waals surface area contributed by atoms with Gasteiger partial charge in [0.05, 0.1) is 15.3 Å². The van der Waals surface area contributed by atoms with E-state index < -0.39 is 15.3 Å². The van der Waals surface area contributed by atoms with Crippen LogP contribution in [0, 0.1) is 129 Å². The second-order valence-corrected chi connectivity index (χ2v) is 0.671. The van der Waals surface area contributed by atoms with Gasteiger partial charge in [0, 0.05) is 0 Å².